The molecule has 2 heterocycles. The molecule has 4 nitrogen and oxygen atoms in total. The molecule has 136 valence electrons. The highest BCUT2D eigenvalue weighted by Crippen LogP contribution is 2.13. The quantitative estimate of drug-likeness (QED) is 0.445. The molecule has 4 heteroatoms. The number of hydrogen-bond donors (Lipinski definition) is 1. The maximum Gasteiger partial charge on any atom is 0.244 e. The lowest BCUT2D eigenvalue weighted by atomic mass is 10.1. The third-order valence-corrected chi connectivity index (χ3v) is 4.48. The van der Waals surface area contributed by atoms with Crippen molar-refractivity contribution in [2.24, 2.45) is 0 Å². The minimum absolute atomic E-state index is 0.0643. The van der Waals surface area contributed by atoms with E-state index < -0.39 is 0 Å². The second-order valence-electron chi connectivity index (χ2n) is 6.55. The van der Waals surface area contributed by atoms with Crippen molar-refractivity contribution in [3.05, 3.63) is 66.4 Å². The van der Waals surface area contributed by atoms with E-state index in [9.17, 15) is 4.79 Å². The molecule has 1 aliphatic heterocycles. The van der Waals surface area contributed by atoms with Gasteiger partial charge in [-0.2, -0.15) is 0 Å². The van der Waals surface area contributed by atoms with E-state index in [0.29, 0.717) is 6.54 Å². The Labute approximate surface area is 155 Å². The number of amides is 1. The van der Waals surface area contributed by atoms with Crippen LogP contribution in [-0.2, 0) is 16.0 Å². The molecule has 0 saturated carbocycles. The van der Waals surface area contributed by atoms with Crippen LogP contribution < -0.4 is 5.32 Å². The van der Waals surface area contributed by atoms with Crippen LogP contribution in [0.2, 0.25) is 0 Å². The Balaban J connectivity index is 1.32. The Morgan fingerprint density at radius 2 is 2.15 bits per heavy atom. The zero-order valence-corrected chi connectivity index (χ0v) is 15.1. The van der Waals surface area contributed by atoms with Gasteiger partial charge in [0.2, 0.25) is 5.91 Å². The molecule has 1 unspecified atom stereocenters. The highest BCUT2D eigenvalue weighted by molar-refractivity contribution is 5.87. The number of benzene rings is 1. The number of aromatic nitrogens is 1. The SMILES string of the molecule is O=C(C=CC=CCCCc1ccc2ccccc2n1)NCC1CCCO1. The van der Waals surface area contributed by atoms with E-state index in [2.05, 4.69) is 34.6 Å². The maximum absolute atomic E-state index is 11.7. The highest BCUT2D eigenvalue weighted by atomic mass is 16.5. The number of carbonyl (C=O) groups is 1. The topological polar surface area (TPSA) is 51.2 Å². The molecule has 1 aromatic heterocycles. The zero-order valence-electron chi connectivity index (χ0n) is 15.1. The maximum atomic E-state index is 11.7. The number of ether oxygens (including phenoxy) is 1. The Morgan fingerprint density at radius 1 is 1.23 bits per heavy atom. The largest absolute Gasteiger partial charge is 0.376 e. The summed E-state index contributed by atoms with van der Waals surface area (Å²) in [5, 5.41) is 4.05. The van der Waals surface area contributed by atoms with E-state index in [1.165, 1.54) is 5.39 Å². The molecule has 0 radical (unpaired) electrons. The van der Waals surface area contributed by atoms with Crippen molar-refractivity contribution in [2.75, 3.05) is 13.2 Å². The van der Waals surface area contributed by atoms with Gasteiger partial charge in [-0.3, -0.25) is 9.78 Å². The molecule has 0 bridgehead atoms. The van der Waals surface area contributed by atoms with E-state index in [1.807, 2.05) is 24.3 Å². The molecule has 26 heavy (non-hydrogen) atoms. The molecule has 3 rings (SSSR count). The van der Waals surface area contributed by atoms with Gasteiger partial charge in [0, 0.05) is 30.3 Å². The molecule has 1 amide bonds. The monoisotopic (exact) mass is 350 g/mol. The number of carbonyl (C=O) groups excluding carboxylic acids is 1. The van der Waals surface area contributed by atoms with Crippen LogP contribution in [0.3, 0.4) is 0 Å². The number of nitrogens with one attached hydrogen (secondary N) is 1. The Hall–Kier alpha value is -2.46. The molecule has 0 spiro atoms. The number of hydrogen-bond acceptors (Lipinski definition) is 3. The van der Waals surface area contributed by atoms with Crippen LogP contribution in [-0.4, -0.2) is 30.1 Å². The molecule has 1 atom stereocenters. The minimum Gasteiger partial charge on any atom is -0.376 e. The van der Waals surface area contributed by atoms with Crippen molar-refractivity contribution in [2.45, 2.75) is 38.2 Å². The van der Waals surface area contributed by atoms with Gasteiger partial charge < -0.3 is 10.1 Å². The third-order valence-electron chi connectivity index (χ3n) is 4.48. The van der Waals surface area contributed by atoms with Crippen LogP contribution in [0, 0.1) is 0 Å². The van der Waals surface area contributed by atoms with E-state index >= 15 is 0 Å². The van der Waals surface area contributed by atoms with Crippen LogP contribution in [0.25, 0.3) is 10.9 Å². The van der Waals surface area contributed by atoms with Gasteiger partial charge in [0.25, 0.3) is 0 Å². The summed E-state index contributed by atoms with van der Waals surface area (Å²) in [6.45, 7) is 1.42. The van der Waals surface area contributed by atoms with Crippen LogP contribution in [0.1, 0.15) is 31.4 Å². The number of nitrogens with zero attached hydrogens (tertiary/aromatic N) is 1. The summed E-state index contributed by atoms with van der Waals surface area (Å²) >= 11 is 0. The van der Waals surface area contributed by atoms with Crippen LogP contribution >= 0.6 is 0 Å². The first kappa shape index (κ1) is 18.3. The lowest BCUT2D eigenvalue weighted by Crippen LogP contribution is -2.30. The summed E-state index contributed by atoms with van der Waals surface area (Å²) in [4.78, 5) is 16.4. The molecular formula is C22H26N2O2. The fourth-order valence-corrected chi connectivity index (χ4v) is 3.04. The molecular weight excluding hydrogens is 324 g/mol. The summed E-state index contributed by atoms with van der Waals surface area (Å²) in [6, 6.07) is 12.4. The second kappa shape index (κ2) is 9.88. The van der Waals surface area contributed by atoms with Crippen LogP contribution in [0.15, 0.2) is 60.7 Å². The number of aryl methyl sites for hydroxylation is 1. The number of allylic oxidation sites excluding steroid dienone is 3. The summed E-state index contributed by atoms with van der Waals surface area (Å²) in [5.41, 5.74) is 2.18. The predicted molar refractivity (Wildman–Crippen MR) is 105 cm³/mol. The van der Waals surface area contributed by atoms with Gasteiger partial charge in [-0.1, -0.05) is 42.5 Å². The predicted octanol–water partition coefficient (Wildman–Crippen LogP) is 3.97. The van der Waals surface area contributed by atoms with E-state index in [1.54, 1.807) is 12.2 Å². The van der Waals surface area contributed by atoms with Crippen LogP contribution in [0.5, 0.6) is 0 Å². The van der Waals surface area contributed by atoms with Gasteiger partial charge in [-0.05, 0) is 44.2 Å². The Bertz CT molecular complexity index is 777. The normalized spacial score (nSPS) is 17.5. The Kier molecular flexibility index (Phi) is 6.96. The van der Waals surface area contributed by atoms with E-state index in [4.69, 9.17) is 4.74 Å². The number of pyridine rings is 1. The lowest BCUT2D eigenvalue weighted by molar-refractivity contribution is -0.117. The van der Waals surface area contributed by atoms with Gasteiger partial charge in [0.1, 0.15) is 0 Å². The first-order valence-corrected chi connectivity index (χ1v) is 9.38. The summed E-state index contributed by atoms with van der Waals surface area (Å²) < 4.78 is 5.48. The van der Waals surface area contributed by atoms with Crippen molar-refractivity contribution in [1.29, 1.82) is 0 Å². The number of rotatable bonds is 8. The Morgan fingerprint density at radius 3 is 3.04 bits per heavy atom. The summed E-state index contributed by atoms with van der Waals surface area (Å²) in [5.74, 6) is -0.0643. The van der Waals surface area contributed by atoms with Gasteiger partial charge in [0.15, 0.2) is 0 Å². The lowest BCUT2D eigenvalue weighted by Gasteiger charge is -2.08. The van der Waals surface area contributed by atoms with E-state index in [-0.39, 0.29) is 12.0 Å². The van der Waals surface area contributed by atoms with Crippen molar-refractivity contribution >= 4 is 16.8 Å². The third kappa shape index (κ3) is 5.81. The first-order valence-electron chi connectivity index (χ1n) is 9.38. The van der Waals surface area contributed by atoms with Gasteiger partial charge in [-0.15, -0.1) is 0 Å². The fraction of sp³-hybridized carbons (Fsp3) is 0.364. The smallest absolute Gasteiger partial charge is 0.244 e. The number of unbranched alkanes of at least 4 members (excludes halogenated alkanes) is 1. The van der Waals surface area contributed by atoms with Gasteiger partial charge in [0.05, 0.1) is 11.6 Å². The molecule has 2 aromatic rings. The van der Waals surface area contributed by atoms with E-state index in [0.717, 1.165) is 49.9 Å². The van der Waals surface area contributed by atoms with Gasteiger partial charge >= 0.3 is 0 Å². The molecule has 1 aliphatic rings. The fourth-order valence-electron chi connectivity index (χ4n) is 3.04. The molecule has 1 N–H and O–H groups in total. The molecule has 0 aliphatic carbocycles. The first-order chi connectivity index (χ1) is 12.8. The second-order valence-corrected chi connectivity index (χ2v) is 6.55. The minimum atomic E-state index is -0.0643. The van der Waals surface area contributed by atoms with Gasteiger partial charge in [-0.25, -0.2) is 0 Å². The molecule has 1 saturated heterocycles. The molecule has 1 fully saturated rings. The van der Waals surface area contributed by atoms with Crippen molar-refractivity contribution < 1.29 is 9.53 Å². The van der Waals surface area contributed by atoms with Crippen molar-refractivity contribution in [1.82, 2.24) is 10.3 Å². The zero-order chi connectivity index (χ0) is 18.0. The molecule has 1 aromatic carbocycles. The summed E-state index contributed by atoms with van der Waals surface area (Å²) in [6.07, 6.45) is 12.7. The van der Waals surface area contributed by atoms with Crippen molar-refractivity contribution in [3.8, 4) is 0 Å². The van der Waals surface area contributed by atoms with Crippen molar-refractivity contribution in [3.63, 3.8) is 0 Å². The summed E-state index contributed by atoms with van der Waals surface area (Å²) in [7, 11) is 0. The number of fused-ring (bicyclic) bond motifs is 1. The number of para-hydroxylation sites is 1. The average Bonchev–Trinajstić information content (AvgIpc) is 3.19. The highest BCUT2D eigenvalue weighted by Gasteiger charge is 2.15. The van der Waals surface area contributed by atoms with Crippen LogP contribution in [0.4, 0.5) is 0 Å². The average molecular weight is 350 g/mol. The standard InChI is InChI=1S/C22H26N2O2/c25-22(23-17-20-11-8-16-26-20)13-5-3-1-2-4-10-19-15-14-18-9-6-7-12-21(18)24-19/h1,3,5-7,9,12-15,20H,2,4,8,10-11,16-17H2,(H,23,25).